The Morgan fingerprint density at radius 2 is 1.91 bits per heavy atom. The Hall–Kier alpha value is -1.72. The van der Waals surface area contributed by atoms with E-state index in [-0.39, 0.29) is 17.2 Å². The predicted molar refractivity (Wildman–Crippen MR) is 100 cm³/mol. The van der Waals surface area contributed by atoms with Crippen LogP contribution in [0.4, 0.5) is 5.82 Å². The molecule has 0 unspecified atom stereocenters. The minimum atomic E-state index is 0. The maximum atomic E-state index is 6.11. The summed E-state index contributed by atoms with van der Waals surface area (Å²) in [4.78, 5) is 4.79. The van der Waals surface area contributed by atoms with E-state index in [2.05, 4.69) is 36.2 Å². The van der Waals surface area contributed by atoms with Crippen molar-refractivity contribution in [2.45, 2.75) is 30.8 Å². The molecule has 23 heavy (non-hydrogen) atoms. The summed E-state index contributed by atoms with van der Waals surface area (Å²) < 4.78 is 0.207. The highest BCUT2D eigenvalue weighted by Crippen LogP contribution is 2.44. The first-order valence-electron chi connectivity index (χ1n) is 7.40. The highest BCUT2D eigenvalue weighted by molar-refractivity contribution is 7.99. The summed E-state index contributed by atoms with van der Waals surface area (Å²) in [5.74, 6) is 1.58. The summed E-state index contributed by atoms with van der Waals surface area (Å²) in [7, 11) is 0. The van der Waals surface area contributed by atoms with Gasteiger partial charge < -0.3 is 5.73 Å². The average Bonchev–Trinajstić information content (AvgIpc) is 2.88. The van der Waals surface area contributed by atoms with Crippen molar-refractivity contribution >= 4 is 41.0 Å². The van der Waals surface area contributed by atoms with E-state index in [1.165, 1.54) is 11.1 Å². The van der Waals surface area contributed by atoms with E-state index in [0.717, 1.165) is 34.5 Å². The maximum Gasteiger partial charge on any atom is 0.183 e. The molecule has 3 aromatic rings. The number of nitrogens with two attached hydrogens (primary N) is 1. The van der Waals surface area contributed by atoms with Crippen LogP contribution in [-0.4, -0.2) is 19.9 Å². The molecule has 120 valence electrons. The number of pyridine rings is 1. The van der Waals surface area contributed by atoms with Gasteiger partial charge in [0.2, 0.25) is 0 Å². The van der Waals surface area contributed by atoms with Gasteiger partial charge >= 0.3 is 0 Å². The van der Waals surface area contributed by atoms with Crippen LogP contribution in [0.15, 0.2) is 30.3 Å². The molecular formula is C17H19ClN4S. The molecule has 4 rings (SSSR count). The van der Waals surface area contributed by atoms with Crippen molar-refractivity contribution in [3.05, 3.63) is 41.5 Å². The molecule has 1 aliphatic heterocycles. The van der Waals surface area contributed by atoms with Gasteiger partial charge in [0.15, 0.2) is 5.65 Å². The topological polar surface area (TPSA) is 67.6 Å². The fraction of sp³-hybridized carbons (Fsp3) is 0.294. The zero-order valence-electron chi connectivity index (χ0n) is 13.1. The van der Waals surface area contributed by atoms with Gasteiger partial charge in [-0.3, -0.25) is 5.10 Å². The number of thioether (sulfide) groups is 1. The molecule has 0 saturated heterocycles. The largest absolute Gasteiger partial charge is 0.384 e. The first-order valence-corrected chi connectivity index (χ1v) is 8.38. The van der Waals surface area contributed by atoms with Crippen molar-refractivity contribution in [3.8, 4) is 11.3 Å². The van der Waals surface area contributed by atoms with Crippen molar-refractivity contribution in [1.82, 2.24) is 15.2 Å². The van der Waals surface area contributed by atoms with Crippen molar-refractivity contribution in [2.75, 3.05) is 5.73 Å². The molecule has 0 bridgehead atoms. The molecule has 0 amide bonds. The number of nitrogens with one attached hydrogen (secondary N) is 1. The zero-order valence-corrected chi connectivity index (χ0v) is 14.7. The van der Waals surface area contributed by atoms with Crippen LogP contribution in [0.2, 0.25) is 0 Å². The quantitative estimate of drug-likeness (QED) is 0.693. The molecule has 3 heterocycles. The van der Waals surface area contributed by atoms with Gasteiger partial charge in [-0.05, 0) is 17.5 Å². The fourth-order valence-electron chi connectivity index (χ4n) is 3.12. The van der Waals surface area contributed by atoms with Crippen LogP contribution in [0.3, 0.4) is 0 Å². The number of aromatic amines is 1. The Morgan fingerprint density at radius 3 is 2.65 bits per heavy atom. The molecule has 6 heteroatoms. The molecular weight excluding hydrogens is 328 g/mol. The lowest BCUT2D eigenvalue weighted by Crippen LogP contribution is -2.24. The summed E-state index contributed by atoms with van der Waals surface area (Å²) >= 11 is 1.98. The summed E-state index contributed by atoms with van der Waals surface area (Å²) in [5, 5.41) is 8.19. The number of halogens is 1. The van der Waals surface area contributed by atoms with Crippen LogP contribution in [0, 0.1) is 0 Å². The van der Waals surface area contributed by atoms with Crippen LogP contribution in [-0.2, 0) is 12.2 Å². The second-order valence-electron chi connectivity index (χ2n) is 6.34. The van der Waals surface area contributed by atoms with E-state index in [0.29, 0.717) is 5.82 Å². The number of hydrogen-bond donors (Lipinski definition) is 2. The molecule has 2 aromatic heterocycles. The first-order chi connectivity index (χ1) is 10.6. The summed E-state index contributed by atoms with van der Waals surface area (Å²) in [6.07, 6.45) is 0.982. The van der Waals surface area contributed by atoms with Gasteiger partial charge in [-0.25, -0.2) is 4.98 Å². The molecule has 0 atom stereocenters. The van der Waals surface area contributed by atoms with Gasteiger partial charge in [-0.15, -0.1) is 12.4 Å². The van der Waals surface area contributed by atoms with E-state index < -0.39 is 0 Å². The summed E-state index contributed by atoms with van der Waals surface area (Å²) in [6.45, 7) is 4.57. The minimum absolute atomic E-state index is 0. The van der Waals surface area contributed by atoms with Gasteiger partial charge in [-0.2, -0.15) is 16.9 Å². The van der Waals surface area contributed by atoms with Gasteiger partial charge in [0, 0.05) is 16.1 Å². The third kappa shape index (κ3) is 2.68. The fourth-order valence-corrected chi connectivity index (χ4v) is 4.21. The number of anilines is 1. The Kier molecular flexibility index (Phi) is 4.02. The zero-order chi connectivity index (χ0) is 15.3. The second-order valence-corrected chi connectivity index (χ2v) is 8.03. The molecule has 4 nitrogen and oxygen atoms in total. The smallest absolute Gasteiger partial charge is 0.183 e. The lowest BCUT2D eigenvalue weighted by atomic mass is 9.92. The number of nitrogens with zero attached hydrogens (tertiary/aromatic N) is 2. The SMILES string of the molecule is CC1(C)Cc2c(c(-c3ccccc3)nc3n[nH]c(N)c23)CS1.Cl. The first kappa shape index (κ1) is 16.1. The summed E-state index contributed by atoms with van der Waals surface area (Å²) in [6, 6.07) is 10.3. The molecule has 1 aromatic carbocycles. The number of fused-ring (bicyclic) bond motifs is 3. The van der Waals surface area contributed by atoms with Crippen molar-refractivity contribution in [1.29, 1.82) is 0 Å². The maximum absolute atomic E-state index is 6.11. The molecule has 0 spiro atoms. The van der Waals surface area contributed by atoms with E-state index in [1.807, 2.05) is 30.0 Å². The van der Waals surface area contributed by atoms with E-state index in [4.69, 9.17) is 10.7 Å². The lowest BCUT2D eigenvalue weighted by molar-refractivity contribution is 0.696. The van der Waals surface area contributed by atoms with Crippen LogP contribution >= 0.6 is 24.2 Å². The lowest BCUT2D eigenvalue weighted by Gasteiger charge is -2.32. The van der Waals surface area contributed by atoms with Gasteiger partial charge in [0.1, 0.15) is 5.82 Å². The van der Waals surface area contributed by atoms with E-state index in [9.17, 15) is 0 Å². The third-order valence-electron chi connectivity index (χ3n) is 4.20. The van der Waals surface area contributed by atoms with E-state index in [1.54, 1.807) is 0 Å². The molecule has 1 aliphatic rings. The summed E-state index contributed by atoms with van der Waals surface area (Å²) in [5.41, 5.74) is 11.6. The predicted octanol–water partition coefficient (Wildman–Crippen LogP) is 4.20. The van der Waals surface area contributed by atoms with Crippen molar-refractivity contribution in [3.63, 3.8) is 0 Å². The molecule has 0 fully saturated rings. The number of aromatic nitrogens is 3. The van der Waals surface area contributed by atoms with Crippen molar-refractivity contribution in [2.24, 2.45) is 0 Å². The standard InChI is InChI=1S/C17H18N4S.ClH/c1-17(2)8-11-12(9-22-17)14(10-6-4-3-5-7-10)19-16-13(11)15(18)20-21-16;/h3-7H,8-9H2,1-2H3,(H3,18,19,20,21);1H. The highest BCUT2D eigenvalue weighted by atomic mass is 35.5. The Labute approximate surface area is 145 Å². The van der Waals surface area contributed by atoms with Gasteiger partial charge in [0.25, 0.3) is 0 Å². The monoisotopic (exact) mass is 346 g/mol. The number of nitrogen functional groups attached to an aromatic ring is 1. The Balaban J connectivity index is 0.00000156. The van der Waals surface area contributed by atoms with Crippen LogP contribution < -0.4 is 5.73 Å². The van der Waals surface area contributed by atoms with Crippen LogP contribution in [0.1, 0.15) is 25.0 Å². The normalized spacial score (nSPS) is 15.9. The molecule has 3 N–H and O–H groups in total. The third-order valence-corrected chi connectivity index (χ3v) is 5.56. The molecule has 0 radical (unpaired) electrons. The van der Waals surface area contributed by atoms with E-state index >= 15 is 0 Å². The van der Waals surface area contributed by atoms with Gasteiger partial charge in [0.05, 0.1) is 11.1 Å². The molecule has 0 saturated carbocycles. The highest BCUT2D eigenvalue weighted by Gasteiger charge is 2.31. The second kappa shape index (κ2) is 5.73. The average molecular weight is 347 g/mol. The minimum Gasteiger partial charge on any atom is -0.384 e. The van der Waals surface area contributed by atoms with Crippen molar-refractivity contribution < 1.29 is 0 Å². The van der Waals surface area contributed by atoms with Gasteiger partial charge in [-0.1, -0.05) is 44.2 Å². The Morgan fingerprint density at radius 1 is 1.17 bits per heavy atom. The number of hydrogen-bond acceptors (Lipinski definition) is 4. The Bertz CT molecular complexity index is 858. The number of benzene rings is 1. The molecule has 0 aliphatic carbocycles. The van der Waals surface area contributed by atoms with Crippen LogP contribution in [0.5, 0.6) is 0 Å². The number of rotatable bonds is 1. The van der Waals surface area contributed by atoms with Crippen LogP contribution in [0.25, 0.3) is 22.3 Å². The number of H-pyrrole nitrogens is 1.